The molecule has 1 aromatic carbocycles. The van der Waals surface area contributed by atoms with Crippen molar-refractivity contribution in [3.63, 3.8) is 0 Å². The number of aromatic nitrogens is 2. The zero-order valence-electron chi connectivity index (χ0n) is 16.4. The van der Waals surface area contributed by atoms with Crippen molar-refractivity contribution in [2.75, 3.05) is 0 Å². The number of thiophene rings is 1. The number of nitrogens with two attached hydrogens (primary N) is 1. The normalized spacial score (nSPS) is 18.5. The van der Waals surface area contributed by atoms with Gasteiger partial charge in [0, 0.05) is 28.6 Å². The Labute approximate surface area is 183 Å². The van der Waals surface area contributed by atoms with Crippen molar-refractivity contribution in [2.45, 2.75) is 41.8 Å². The van der Waals surface area contributed by atoms with Crippen LogP contribution < -0.4 is 5.73 Å². The fraction of sp³-hybridized carbons (Fsp3) is 0.261. The second kappa shape index (κ2) is 7.47. The number of imidazole rings is 1. The maximum Gasteiger partial charge on any atom is 0.156 e. The highest BCUT2D eigenvalue weighted by Gasteiger charge is 2.33. The molecular formula is C23H22ClN3S2. The predicted octanol–water partition coefficient (Wildman–Crippen LogP) is 6.76. The Morgan fingerprint density at radius 1 is 1.28 bits per heavy atom. The first-order valence-corrected chi connectivity index (χ1v) is 11.8. The number of hydrogen-bond acceptors (Lipinski definition) is 4. The fourth-order valence-corrected chi connectivity index (χ4v) is 6.12. The molecule has 3 nitrogen and oxygen atoms in total. The number of nitrogens with zero attached hydrogens (tertiary/aromatic N) is 2. The third kappa shape index (κ3) is 3.61. The van der Waals surface area contributed by atoms with Gasteiger partial charge in [0.1, 0.15) is 0 Å². The second-order valence-electron chi connectivity index (χ2n) is 7.78. The zero-order chi connectivity index (χ0) is 20.1. The van der Waals surface area contributed by atoms with Crippen LogP contribution in [-0.4, -0.2) is 9.38 Å². The first-order chi connectivity index (χ1) is 14.0. The summed E-state index contributed by atoms with van der Waals surface area (Å²) in [6.45, 7) is 4.81. The van der Waals surface area contributed by atoms with Gasteiger partial charge in [0.2, 0.25) is 0 Å². The van der Waals surface area contributed by atoms with Gasteiger partial charge >= 0.3 is 0 Å². The van der Waals surface area contributed by atoms with Crippen LogP contribution in [-0.2, 0) is 6.54 Å². The van der Waals surface area contributed by atoms with Crippen molar-refractivity contribution in [3.05, 3.63) is 69.8 Å². The number of aryl methyl sites for hydroxylation is 1. The van der Waals surface area contributed by atoms with E-state index < -0.39 is 0 Å². The summed E-state index contributed by atoms with van der Waals surface area (Å²) in [4.78, 5) is 5.96. The highest BCUT2D eigenvalue weighted by Crippen LogP contribution is 2.47. The Kier molecular flexibility index (Phi) is 4.95. The minimum atomic E-state index is 0.451. The molecule has 1 aliphatic rings. The van der Waals surface area contributed by atoms with E-state index in [1.165, 1.54) is 21.1 Å². The van der Waals surface area contributed by atoms with E-state index in [0.717, 1.165) is 40.0 Å². The van der Waals surface area contributed by atoms with Gasteiger partial charge in [-0.3, -0.25) is 4.40 Å². The van der Waals surface area contributed by atoms with Crippen molar-refractivity contribution in [3.8, 4) is 11.3 Å². The quantitative estimate of drug-likeness (QED) is 0.373. The standard InChI is InChI=1S/C23H22ClN3S2/c1-13-7-19(13)16-3-5-18(6-4-16)29-21-9-17(12-28-21)22-14(2)26-23-20(24)8-15(10-25)11-27(22)23/h3-6,8-9,11-13,19H,7,10,25H2,1-2H3. The molecule has 0 bridgehead atoms. The Bertz CT molecular complexity index is 1190. The lowest BCUT2D eigenvalue weighted by molar-refractivity contribution is 0.913. The van der Waals surface area contributed by atoms with Gasteiger partial charge in [-0.25, -0.2) is 4.98 Å². The lowest BCUT2D eigenvalue weighted by Gasteiger charge is -2.05. The van der Waals surface area contributed by atoms with Crippen LogP contribution in [0.5, 0.6) is 0 Å². The summed E-state index contributed by atoms with van der Waals surface area (Å²) in [6, 6.07) is 13.2. The molecule has 0 amide bonds. The molecule has 1 saturated carbocycles. The van der Waals surface area contributed by atoms with Gasteiger partial charge in [-0.2, -0.15) is 0 Å². The Hall–Kier alpha value is -1.79. The summed E-state index contributed by atoms with van der Waals surface area (Å²) >= 11 is 10.0. The topological polar surface area (TPSA) is 43.3 Å². The molecule has 148 valence electrons. The van der Waals surface area contributed by atoms with Crippen LogP contribution in [0.3, 0.4) is 0 Å². The van der Waals surface area contributed by atoms with Crippen molar-refractivity contribution >= 4 is 40.3 Å². The number of benzene rings is 1. The highest BCUT2D eigenvalue weighted by atomic mass is 35.5. The Morgan fingerprint density at radius 2 is 2.03 bits per heavy atom. The van der Waals surface area contributed by atoms with E-state index in [-0.39, 0.29) is 0 Å². The van der Waals surface area contributed by atoms with Crippen LogP contribution in [0.4, 0.5) is 0 Å². The van der Waals surface area contributed by atoms with E-state index in [4.69, 9.17) is 17.3 Å². The molecule has 1 fully saturated rings. The smallest absolute Gasteiger partial charge is 0.156 e. The maximum atomic E-state index is 6.43. The van der Waals surface area contributed by atoms with Gasteiger partial charge in [0.15, 0.2) is 5.65 Å². The van der Waals surface area contributed by atoms with Crippen LogP contribution in [0.25, 0.3) is 16.9 Å². The predicted molar refractivity (Wildman–Crippen MR) is 123 cm³/mol. The summed E-state index contributed by atoms with van der Waals surface area (Å²) in [5.41, 5.74) is 12.3. The van der Waals surface area contributed by atoms with Crippen molar-refractivity contribution < 1.29 is 0 Å². The first kappa shape index (κ1) is 19.2. The van der Waals surface area contributed by atoms with E-state index >= 15 is 0 Å². The molecule has 0 aliphatic heterocycles. The molecule has 3 heterocycles. The van der Waals surface area contributed by atoms with Gasteiger partial charge < -0.3 is 5.73 Å². The molecule has 0 radical (unpaired) electrons. The minimum Gasteiger partial charge on any atom is -0.326 e. The summed E-state index contributed by atoms with van der Waals surface area (Å²) in [6.07, 6.45) is 3.37. The van der Waals surface area contributed by atoms with Crippen molar-refractivity contribution in [2.24, 2.45) is 11.7 Å². The third-order valence-corrected chi connectivity index (χ3v) is 7.99. The summed E-state index contributed by atoms with van der Waals surface area (Å²) in [5.74, 6) is 1.61. The maximum absolute atomic E-state index is 6.43. The second-order valence-corrected chi connectivity index (χ2v) is 10.5. The number of pyridine rings is 1. The summed E-state index contributed by atoms with van der Waals surface area (Å²) in [7, 11) is 0. The van der Waals surface area contributed by atoms with Crippen LogP contribution in [0.2, 0.25) is 5.02 Å². The number of halogens is 1. The molecule has 3 aromatic heterocycles. The molecule has 5 rings (SSSR count). The van der Waals surface area contributed by atoms with Gasteiger partial charge in [-0.15, -0.1) is 11.3 Å². The lowest BCUT2D eigenvalue weighted by Crippen LogP contribution is -1.99. The van der Waals surface area contributed by atoms with E-state index in [9.17, 15) is 0 Å². The monoisotopic (exact) mass is 439 g/mol. The summed E-state index contributed by atoms with van der Waals surface area (Å²) < 4.78 is 3.34. The Morgan fingerprint density at radius 3 is 2.72 bits per heavy atom. The first-order valence-electron chi connectivity index (χ1n) is 9.77. The summed E-state index contributed by atoms with van der Waals surface area (Å²) in [5, 5.41) is 2.83. The largest absolute Gasteiger partial charge is 0.326 e. The van der Waals surface area contributed by atoms with Crippen molar-refractivity contribution in [1.82, 2.24) is 9.38 Å². The fourth-order valence-electron chi connectivity index (χ4n) is 3.91. The molecule has 2 unspecified atom stereocenters. The number of fused-ring (bicyclic) bond motifs is 1. The molecular weight excluding hydrogens is 418 g/mol. The Balaban J connectivity index is 1.44. The van der Waals surface area contributed by atoms with E-state index in [1.807, 2.05) is 30.9 Å². The highest BCUT2D eigenvalue weighted by molar-refractivity contribution is 8.01. The van der Waals surface area contributed by atoms with Gasteiger partial charge in [-0.05, 0) is 60.6 Å². The molecule has 2 N–H and O–H groups in total. The molecule has 0 spiro atoms. The van der Waals surface area contributed by atoms with Crippen molar-refractivity contribution in [1.29, 1.82) is 0 Å². The van der Waals surface area contributed by atoms with Crippen LogP contribution in [0.15, 0.2) is 57.1 Å². The average Bonchev–Trinajstić information content (AvgIpc) is 3.11. The average molecular weight is 440 g/mol. The van der Waals surface area contributed by atoms with Gasteiger partial charge in [-0.1, -0.05) is 42.4 Å². The van der Waals surface area contributed by atoms with Gasteiger partial charge in [0.25, 0.3) is 0 Å². The van der Waals surface area contributed by atoms with E-state index in [0.29, 0.717) is 11.6 Å². The van der Waals surface area contributed by atoms with Crippen LogP contribution >= 0.6 is 34.7 Å². The SMILES string of the molecule is Cc1nc2c(Cl)cc(CN)cn2c1-c1csc(Sc2ccc(C3CC3C)cc2)c1. The molecule has 0 saturated heterocycles. The molecule has 29 heavy (non-hydrogen) atoms. The molecule has 1 aliphatic carbocycles. The number of rotatable bonds is 5. The number of hydrogen-bond donors (Lipinski definition) is 1. The van der Waals surface area contributed by atoms with E-state index in [1.54, 1.807) is 11.3 Å². The van der Waals surface area contributed by atoms with E-state index in [2.05, 4.69) is 52.0 Å². The minimum absolute atomic E-state index is 0.451. The lowest BCUT2D eigenvalue weighted by atomic mass is 10.1. The van der Waals surface area contributed by atoms with Gasteiger partial charge in [0.05, 0.1) is 20.6 Å². The molecule has 4 aromatic rings. The van der Waals surface area contributed by atoms with Crippen LogP contribution in [0.1, 0.15) is 36.1 Å². The molecule has 2 atom stereocenters. The van der Waals surface area contributed by atoms with Crippen LogP contribution in [0, 0.1) is 12.8 Å². The molecule has 6 heteroatoms. The third-order valence-electron chi connectivity index (χ3n) is 5.63. The zero-order valence-corrected chi connectivity index (χ0v) is 18.7.